The maximum Gasteiger partial charge on any atom is 0.235 e. The summed E-state index contributed by atoms with van der Waals surface area (Å²) in [4.78, 5) is 64.7. The summed E-state index contributed by atoms with van der Waals surface area (Å²) in [5, 5.41) is 22.5. The molecular formula is C29H29NO7. The molecule has 4 N–H and O–H groups in total. The minimum Gasteiger partial charge on any atom is -0.506 e. The summed E-state index contributed by atoms with van der Waals surface area (Å²) in [7, 11) is 0. The van der Waals surface area contributed by atoms with Crippen LogP contribution in [0.25, 0.3) is 0 Å². The zero-order valence-corrected chi connectivity index (χ0v) is 20.6. The van der Waals surface area contributed by atoms with Crippen LogP contribution in [0.4, 0.5) is 0 Å². The van der Waals surface area contributed by atoms with E-state index in [1.807, 2.05) is 6.92 Å². The normalized spacial score (nSPS) is 30.9. The van der Waals surface area contributed by atoms with Crippen molar-refractivity contribution in [1.82, 2.24) is 0 Å². The number of rotatable bonds is 2. The lowest BCUT2D eigenvalue weighted by Crippen LogP contribution is -2.68. The van der Waals surface area contributed by atoms with Gasteiger partial charge in [0.25, 0.3) is 0 Å². The number of amides is 1. The number of nitrogens with two attached hydrogens (primary N) is 1. The summed E-state index contributed by atoms with van der Waals surface area (Å²) >= 11 is 0. The highest BCUT2D eigenvalue weighted by molar-refractivity contribution is 6.31. The van der Waals surface area contributed by atoms with Crippen molar-refractivity contribution in [1.29, 1.82) is 0 Å². The Bertz CT molecular complexity index is 1360. The van der Waals surface area contributed by atoms with E-state index in [9.17, 15) is 34.2 Å². The molecule has 1 aromatic carbocycles. The third kappa shape index (κ3) is 3.75. The molecule has 37 heavy (non-hydrogen) atoms. The molecule has 0 saturated heterocycles. The zero-order chi connectivity index (χ0) is 26.6. The van der Waals surface area contributed by atoms with Crippen LogP contribution in [0, 0.1) is 35.5 Å². The van der Waals surface area contributed by atoms with Crippen molar-refractivity contribution in [3.05, 3.63) is 40.0 Å². The van der Waals surface area contributed by atoms with Gasteiger partial charge < -0.3 is 15.9 Å². The SMILES string of the molecule is CCc1cc(C#CC2=CCCCC2)c(O)c2c1C[C@H]1C[C@H]3CC(=O)C(C(N)=O)C(=O)[C@@]3(O)C(=O)C1C2=O. The first-order valence-electron chi connectivity index (χ1n) is 12.9. The Morgan fingerprint density at radius 3 is 2.54 bits per heavy atom. The van der Waals surface area contributed by atoms with Crippen LogP contribution in [0.15, 0.2) is 17.7 Å². The maximum absolute atomic E-state index is 13.8. The molecule has 2 saturated carbocycles. The highest BCUT2D eigenvalue weighted by Crippen LogP contribution is 2.50. The van der Waals surface area contributed by atoms with Gasteiger partial charge in [-0.25, -0.2) is 0 Å². The summed E-state index contributed by atoms with van der Waals surface area (Å²) in [6.45, 7) is 1.93. The topological polar surface area (TPSA) is 152 Å². The van der Waals surface area contributed by atoms with E-state index < -0.39 is 58.3 Å². The minimum absolute atomic E-state index is 0.00344. The predicted octanol–water partition coefficient (Wildman–Crippen LogP) is 1.74. The second-order valence-corrected chi connectivity index (χ2v) is 10.6. The average Bonchev–Trinajstić information content (AvgIpc) is 2.86. The number of aliphatic hydroxyl groups is 1. The van der Waals surface area contributed by atoms with Crippen LogP contribution in [-0.2, 0) is 32.0 Å². The van der Waals surface area contributed by atoms with Gasteiger partial charge in [-0.15, -0.1) is 0 Å². The van der Waals surface area contributed by atoms with Crippen LogP contribution >= 0.6 is 0 Å². The molecule has 0 spiro atoms. The molecule has 192 valence electrons. The number of Topliss-reactive ketones (excluding diaryl/α,β-unsaturated/α-hetero) is 4. The van der Waals surface area contributed by atoms with Crippen LogP contribution in [-0.4, -0.2) is 44.9 Å². The van der Waals surface area contributed by atoms with Crippen molar-refractivity contribution in [3.63, 3.8) is 0 Å². The van der Waals surface area contributed by atoms with E-state index in [2.05, 4.69) is 17.9 Å². The van der Waals surface area contributed by atoms with Crippen molar-refractivity contribution < 1.29 is 34.2 Å². The number of hydrogen-bond acceptors (Lipinski definition) is 7. The van der Waals surface area contributed by atoms with Crippen molar-refractivity contribution in [2.45, 2.75) is 63.9 Å². The van der Waals surface area contributed by atoms with Gasteiger partial charge in [0.15, 0.2) is 34.7 Å². The Hall–Kier alpha value is -3.57. The fraction of sp³-hybridized carbons (Fsp3) is 0.483. The highest BCUT2D eigenvalue weighted by atomic mass is 16.3. The first-order chi connectivity index (χ1) is 17.6. The Labute approximate surface area is 214 Å². The maximum atomic E-state index is 13.8. The third-order valence-corrected chi connectivity index (χ3v) is 8.52. The smallest absolute Gasteiger partial charge is 0.235 e. The lowest BCUT2D eigenvalue weighted by atomic mass is 9.53. The van der Waals surface area contributed by atoms with Crippen molar-refractivity contribution >= 4 is 29.0 Å². The fourth-order valence-corrected chi connectivity index (χ4v) is 6.62. The number of hydrogen-bond donors (Lipinski definition) is 3. The molecule has 2 fully saturated rings. The molecule has 2 unspecified atom stereocenters. The van der Waals surface area contributed by atoms with E-state index in [1.165, 1.54) is 0 Å². The molecule has 0 aliphatic heterocycles. The van der Waals surface area contributed by atoms with Crippen molar-refractivity contribution in [2.24, 2.45) is 29.4 Å². The van der Waals surface area contributed by atoms with E-state index in [-0.39, 0.29) is 30.6 Å². The van der Waals surface area contributed by atoms with E-state index in [1.54, 1.807) is 6.07 Å². The standard InChI is InChI=1S/C29H29NO7/c1-2-15-10-16(9-8-14-6-4-3-5-7-14)24(32)22-19(15)12-17-11-18-13-20(31)23(28(30)36)27(35)29(18,37)26(34)21(17)25(22)33/h6,10,17-18,21,23,32,37H,2-5,7,11-13H2,1H3,(H2,30,36)/t17-,18+,21?,23?,29+/m1/s1. The first-order valence-corrected chi connectivity index (χ1v) is 12.9. The van der Waals surface area contributed by atoms with Gasteiger partial charge in [0.1, 0.15) is 5.75 Å². The highest BCUT2D eigenvalue weighted by Gasteiger charge is 2.66. The second-order valence-electron chi connectivity index (χ2n) is 10.6. The van der Waals surface area contributed by atoms with Gasteiger partial charge in [-0.3, -0.25) is 24.0 Å². The third-order valence-electron chi connectivity index (χ3n) is 8.52. The lowest BCUT2D eigenvalue weighted by Gasteiger charge is -2.48. The summed E-state index contributed by atoms with van der Waals surface area (Å²) < 4.78 is 0. The van der Waals surface area contributed by atoms with Crippen LogP contribution in [0.1, 0.15) is 72.5 Å². The molecule has 8 heteroatoms. The number of benzene rings is 1. The second kappa shape index (κ2) is 9.07. The monoisotopic (exact) mass is 503 g/mol. The quantitative estimate of drug-likeness (QED) is 0.411. The molecule has 1 amide bonds. The summed E-state index contributed by atoms with van der Waals surface area (Å²) in [5.74, 6) is -3.95. The van der Waals surface area contributed by atoms with Crippen LogP contribution < -0.4 is 5.73 Å². The number of allylic oxidation sites excluding steroid dienone is 2. The molecule has 8 nitrogen and oxygen atoms in total. The van der Waals surface area contributed by atoms with Gasteiger partial charge in [0.05, 0.1) is 17.0 Å². The summed E-state index contributed by atoms with van der Waals surface area (Å²) in [6, 6.07) is 1.78. The van der Waals surface area contributed by atoms with E-state index >= 15 is 0 Å². The molecule has 0 aromatic heterocycles. The Morgan fingerprint density at radius 2 is 1.89 bits per heavy atom. The number of primary amides is 1. The van der Waals surface area contributed by atoms with Gasteiger partial charge in [-0.05, 0) is 73.6 Å². The largest absolute Gasteiger partial charge is 0.506 e. The zero-order valence-electron chi connectivity index (χ0n) is 20.6. The van der Waals surface area contributed by atoms with Crippen LogP contribution in [0.3, 0.4) is 0 Å². The van der Waals surface area contributed by atoms with E-state index in [0.717, 1.165) is 36.8 Å². The summed E-state index contributed by atoms with van der Waals surface area (Å²) in [5.41, 5.74) is 5.33. The van der Waals surface area contributed by atoms with Crippen molar-refractivity contribution in [2.75, 3.05) is 0 Å². The molecule has 0 heterocycles. The molecule has 5 atom stereocenters. The molecule has 4 aliphatic carbocycles. The van der Waals surface area contributed by atoms with Gasteiger partial charge in [0.2, 0.25) is 5.91 Å². The number of phenols is 1. The van der Waals surface area contributed by atoms with Crippen LogP contribution in [0.5, 0.6) is 5.75 Å². The predicted molar refractivity (Wildman–Crippen MR) is 131 cm³/mol. The summed E-state index contributed by atoms with van der Waals surface area (Å²) in [6.07, 6.45) is 6.64. The molecule has 1 aromatic rings. The molecule has 0 bridgehead atoms. The van der Waals surface area contributed by atoms with Crippen LogP contribution in [0.2, 0.25) is 0 Å². The number of carbonyl (C=O) groups excluding carboxylic acids is 5. The van der Waals surface area contributed by atoms with Gasteiger partial charge in [0, 0.05) is 12.3 Å². The van der Waals surface area contributed by atoms with Crippen molar-refractivity contribution in [3.8, 4) is 17.6 Å². The number of carbonyl (C=O) groups is 5. The fourth-order valence-electron chi connectivity index (χ4n) is 6.62. The Morgan fingerprint density at radius 1 is 1.14 bits per heavy atom. The average molecular weight is 504 g/mol. The van der Waals surface area contributed by atoms with E-state index in [0.29, 0.717) is 17.5 Å². The Kier molecular flexibility index (Phi) is 6.15. The molecule has 4 aliphatic rings. The molecular weight excluding hydrogens is 474 g/mol. The number of phenolic OH excluding ortho intramolecular Hbond substituents is 1. The van der Waals surface area contributed by atoms with Gasteiger partial charge >= 0.3 is 0 Å². The number of aryl methyl sites for hydroxylation is 1. The Balaban J connectivity index is 1.58. The van der Waals surface area contributed by atoms with Gasteiger partial charge in [-0.1, -0.05) is 24.8 Å². The van der Waals surface area contributed by atoms with Gasteiger partial charge in [-0.2, -0.15) is 0 Å². The minimum atomic E-state index is -2.64. The number of ketones is 4. The van der Waals surface area contributed by atoms with E-state index in [4.69, 9.17) is 5.73 Å². The molecule has 5 rings (SSSR count). The lowest BCUT2D eigenvalue weighted by molar-refractivity contribution is -0.175. The first kappa shape index (κ1) is 25.1. The number of aromatic hydroxyl groups is 1. The number of fused-ring (bicyclic) bond motifs is 3. The molecule has 0 radical (unpaired) electrons.